The molecular weight excluding hydrogens is 302 g/mol. The molecular formula is C16H13NO6. The normalized spacial score (nSPS) is 16.0. The predicted molar refractivity (Wildman–Crippen MR) is 78.4 cm³/mol. The number of aryl methyl sites for hydroxylation is 1. The predicted octanol–water partition coefficient (Wildman–Crippen LogP) is 1.21. The number of fused-ring (bicyclic) bond motifs is 1. The number of hydrogen-bond donors (Lipinski definition) is 2. The summed E-state index contributed by atoms with van der Waals surface area (Å²) in [6.45, 7) is 0.975. The molecule has 0 saturated heterocycles. The van der Waals surface area contributed by atoms with E-state index in [1.165, 1.54) is 13.0 Å². The highest BCUT2D eigenvalue weighted by molar-refractivity contribution is 5.94. The van der Waals surface area contributed by atoms with Gasteiger partial charge in [-0.1, -0.05) is 18.2 Å². The highest BCUT2D eigenvalue weighted by Crippen LogP contribution is 2.37. The van der Waals surface area contributed by atoms with E-state index in [0.717, 1.165) is 4.57 Å². The molecule has 1 aliphatic rings. The van der Waals surface area contributed by atoms with Crippen molar-refractivity contribution >= 4 is 11.9 Å². The topological polar surface area (TPSA) is 106 Å². The monoisotopic (exact) mass is 315 g/mol. The Morgan fingerprint density at radius 3 is 2.70 bits per heavy atom. The van der Waals surface area contributed by atoms with Gasteiger partial charge in [0.15, 0.2) is 6.10 Å². The lowest BCUT2D eigenvalue weighted by Crippen LogP contribution is -2.30. The standard InChI is InChI=1S/C16H13NO6/c1-8-6-11(18)13(15(21)17(8)7-12(19)20)14-9-4-2-3-5-10(9)16(22)23-14/h2-6,14,18H,7H2,1H3,(H,19,20)/t14-/m0/s1. The van der Waals surface area contributed by atoms with Gasteiger partial charge in [-0.25, -0.2) is 4.79 Å². The Bertz CT molecular complexity index is 883. The zero-order chi connectivity index (χ0) is 16.7. The van der Waals surface area contributed by atoms with Crippen LogP contribution in [-0.4, -0.2) is 26.7 Å². The zero-order valence-electron chi connectivity index (χ0n) is 12.1. The van der Waals surface area contributed by atoms with E-state index >= 15 is 0 Å². The highest BCUT2D eigenvalue weighted by Gasteiger charge is 2.36. The second kappa shape index (κ2) is 5.28. The number of rotatable bonds is 3. The Labute approximate surface area is 130 Å². The number of hydrogen-bond acceptors (Lipinski definition) is 5. The largest absolute Gasteiger partial charge is 0.507 e. The van der Waals surface area contributed by atoms with E-state index in [9.17, 15) is 19.5 Å². The summed E-state index contributed by atoms with van der Waals surface area (Å²) < 4.78 is 6.24. The maximum Gasteiger partial charge on any atom is 0.339 e. The van der Waals surface area contributed by atoms with Crippen molar-refractivity contribution in [3.05, 3.63) is 63.1 Å². The van der Waals surface area contributed by atoms with Gasteiger partial charge in [0, 0.05) is 11.3 Å². The molecule has 1 aromatic carbocycles. The van der Waals surface area contributed by atoms with Gasteiger partial charge in [-0.2, -0.15) is 0 Å². The smallest absolute Gasteiger partial charge is 0.339 e. The van der Waals surface area contributed by atoms with Crippen LogP contribution in [0.1, 0.15) is 33.3 Å². The molecule has 0 spiro atoms. The zero-order valence-corrected chi connectivity index (χ0v) is 12.1. The molecule has 0 amide bonds. The Balaban J connectivity index is 2.20. The van der Waals surface area contributed by atoms with Crippen molar-refractivity contribution in [2.45, 2.75) is 19.6 Å². The number of aliphatic carboxylic acids is 1. The van der Waals surface area contributed by atoms with Crippen LogP contribution in [0, 0.1) is 6.92 Å². The van der Waals surface area contributed by atoms with E-state index in [2.05, 4.69) is 0 Å². The van der Waals surface area contributed by atoms with Gasteiger partial charge >= 0.3 is 11.9 Å². The minimum Gasteiger partial charge on any atom is -0.507 e. The number of benzene rings is 1. The summed E-state index contributed by atoms with van der Waals surface area (Å²) in [7, 11) is 0. The van der Waals surface area contributed by atoms with Gasteiger partial charge in [0.05, 0.1) is 5.56 Å². The van der Waals surface area contributed by atoms with Crippen molar-refractivity contribution in [1.82, 2.24) is 4.57 Å². The molecule has 0 bridgehead atoms. The van der Waals surface area contributed by atoms with Crippen LogP contribution in [0.2, 0.25) is 0 Å². The third-order valence-corrected chi connectivity index (χ3v) is 3.77. The summed E-state index contributed by atoms with van der Waals surface area (Å²) in [6.07, 6.45) is -1.05. The summed E-state index contributed by atoms with van der Waals surface area (Å²) in [6, 6.07) is 7.84. The first-order valence-electron chi connectivity index (χ1n) is 6.85. The molecule has 1 aromatic heterocycles. The maximum atomic E-state index is 12.6. The summed E-state index contributed by atoms with van der Waals surface area (Å²) in [4.78, 5) is 35.4. The maximum absolute atomic E-state index is 12.6. The number of aromatic nitrogens is 1. The van der Waals surface area contributed by atoms with Crippen LogP contribution in [-0.2, 0) is 16.1 Å². The van der Waals surface area contributed by atoms with Crippen molar-refractivity contribution in [3.63, 3.8) is 0 Å². The number of carboxylic acids is 1. The minimum absolute atomic E-state index is 0.143. The molecule has 1 aliphatic heterocycles. The van der Waals surface area contributed by atoms with E-state index in [-0.39, 0.29) is 11.3 Å². The molecule has 3 rings (SSSR count). The first kappa shape index (κ1) is 14.8. The van der Waals surface area contributed by atoms with Crippen molar-refractivity contribution in [1.29, 1.82) is 0 Å². The molecule has 0 aliphatic carbocycles. The molecule has 2 aromatic rings. The molecule has 0 fully saturated rings. The first-order valence-corrected chi connectivity index (χ1v) is 6.85. The SMILES string of the molecule is Cc1cc(O)c([C@H]2OC(=O)c3ccccc32)c(=O)n1CC(=O)O. The summed E-state index contributed by atoms with van der Waals surface area (Å²) in [5.74, 6) is -2.10. The Morgan fingerprint density at radius 2 is 2.00 bits per heavy atom. The number of carboxylic acid groups (broad SMARTS) is 1. The van der Waals surface area contributed by atoms with Crippen molar-refractivity contribution in [2.75, 3.05) is 0 Å². The van der Waals surface area contributed by atoms with E-state index < -0.39 is 30.1 Å². The van der Waals surface area contributed by atoms with Gasteiger partial charge < -0.3 is 19.5 Å². The van der Waals surface area contributed by atoms with Crippen molar-refractivity contribution < 1.29 is 24.5 Å². The quantitative estimate of drug-likeness (QED) is 0.825. The third-order valence-electron chi connectivity index (χ3n) is 3.77. The molecule has 23 heavy (non-hydrogen) atoms. The van der Waals surface area contributed by atoms with Gasteiger partial charge in [0.25, 0.3) is 5.56 Å². The molecule has 118 valence electrons. The van der Waals surface area contributed by atoms with Crippen molar-refractivity contribution in [3.8, 4) is 5.75 Å². The average Bonchev–Trinajstić information content (AvgIpc) is 2.81. The number of ether oxygens (including phenoxy) is 1. The highest BCUT2D eigenvalue weighted by atomic mass is 16.5. The second-order valence-corrected chi connectivity index (χ2v) is 5.24. The van der Waals surface area contributed by atoms with E-state index in [1.807, 2.05) is 0 Å². The molecule has 7 nitrogen and oxygen atoms in total. The van der Waals surface area contributed by atoms with Crippen LogP contribution in [0.25, 0.3) is 0 Å². The molecule has 0 unspecified atom stereocenters. The lowest BCUT2D eigenvalue weighted by Gasteiger charge is -2.16. The van der Waals surface area contributed by atoms with Crippen LogP contribution in [0.5, 0.6) is 5.75 Å². The Morgan fingerprint density at radius 1 is 1.30 bits per heavy atom. The fourth-order valence-electron chi connectivity index (χ4n) is 2.71. The summed E-state index contributed by atoms with van der Waals surface area (Å²) in [5.41, 5.74) is 0.253. The van der Waals surface area contributed by atoms with Gasteiger partial charge in [0.1, 0.15) is 17.9 Å². The van der Waals surface area contributed by atoms with Crippen LogP contribution < -0.4 is 5.56 Å². The number of aromatic hydroxyl groups is 1. The number of carbonyl (C=O) groups excluding carboxylic acids is 1. The molecule has 2 heterocycles. The van der Waals surface area contributed by atoms with Crippen LogP contribution in [0.4, 0.5) is 0 Å². The summed E-state index contributed by atoms with van der Waals surface area (Å²) >= 11 is 0. The van der Waals surface area contributed by atoms with Gasteiger partial charge in [-0.05, 0) is 19.1 Å². The third kappa shape index (κ3) is 2.36. The first-order chi connectivity index (χ1) is 10.9. The van der Waals surface area contributed by atoms with Crippen molar-refractivity contribution in [2.24, 2.45) is 0 Å². The van der Waals surface area contributed by atoms with E-state index in [0.29, 0.717) is 16.8 Å². The van der Waals surface area contributed by atoms with Crippen LogP contribution in [0.15, 0.2) is 35.1 Å². The van der Waals surface area contributed by atoms with Gasteiger partial charge in [-0.3, -0.25) is 9.59 Å². The lowest BCUT2D eigenvalue weighted by atomic mass is 9.99. The fraction of sp³-hybridized carbons (Fsp3) is 0.188. The molecule has 2 N–H and O–H groups in total. The van der Waals surface area contributed by atoms with Crippen LogP contribution >= 0.6 is 0 Å². The number of nitrogens with zero attached hydrogens (tertiary/aromatic N) is 1. The van der Waals surface area contributed by atoms with Crippen LogP contribution in [0.3, 0.4) is 0 Å². The minimum atomic E-state index is -1.18. The Hall–Kier alpha value is -3.09. The fourth-order valence-corrected chi connectivity index (χ4v) is 2.71. The number of pyridine rings is 1. The van der Waals surface area contributed by atoms with Gasteiger partial charge in [-0.15, -0.1) is 0 Å². The van der Waals surface area contributed by atoms with E-state index in [1.54, 1.807) is 24.3 Å². The van der Waals surface area contributed by atoms with Gasteiger partial charge in [0.2, 0.25) is 0 Å². The average molecular weight is 315 g/mol. The summed E-state index contributed by atoms with van der Waals surface area (Å²) in [5, 5.41) is 19.1. The second-order valence-electron chi connectivity index (χ2n) is 5.24. The lowest BCUT2D eigenvalue weighted by molar-refractivity contribution is -0.137. The molecule has 1 atom stereocenters. The number of carbonyl (C=O) groups is 2. The molecule has 0 radical (unpaired) electrons. The number of cyclic esters (lactones) is 1. The molecule has 7 heteroatoms. The molecule has 0 saturated carbocycles. The Kier molecular flexibility index (Phi) is 3.40. The van der Waals surface area contributed by atoms with E-state index in [4.69, 9.17) is 9.84 Å². The number of esters is 1.